The van der Waals surface area contributed by atoms with Crippen molar-refractivity contribution in [3.63, 3.8) is 0 Å². The minimum Gasteiger partial charge on any atom is -0.477 e. The maximum atomic E-state index is 15.0. The standard InChI is InChI=1S/C35H38N2O6S/c1-24(2)22-37(32(34(38)39)19-9-10-21-36,44(41,42)33-20-11-13-25-12-3-4-14-26(25)33)35(40)43-23-31-29-17-7-5-15-27(29)28-16-6-8-18-30(28)31/h3-8,11-18,20,24,31-32H,9-10,19,21-23,36H2,1-2H3/p+1/t32-,37?/m0/s1. The molecule has 0 spiro atoms. The molecule has 1 amide bonds. The number of aliphatic carboxylic acids is 1. The second kappa shape index (κ2) is 12.9. The summed E-state index contributed by atoms with van der Waals surface area (Å²) in [7, 11) is -4.68. The first-order valence-electron chi connectivity index (χ1n) is 15.0. The maximum absolute atomic E-state index is 15.0. The number of fused-ring (bicyclic) bond motifs is 4. The lowest BCUT2D eigenvalue weighted by Gasteiger charge is -2.38. The fourth-order valence-electron chi connectivity index (χ4n) is 6.53. The smallest absolute Gasteiger partial charge is 0.477 e. The van der Waals surface area contributed by atoms with Gasteiger partial charge >= 0.3 is 22.1 Å². The third kappa shape index (κ3) is 5.51. The molecule has 230 valence electrons. The Bertz CT molecular complexity index is 1740. The van der Waals surface area contributed by atoms with E-state index < -0.39 is 32.0 Å². The number of quaternary nitrogens is 1. The normalized spacial score (nSPS) is 15.0. The third-order valence-corrected chi connectivity index (χ3v) is 10.8. The fraction of sp³-hybridized carbons (Fsp3) is 0.314. The molecule has 0 bridgehead atoms. The summed E-state index contributed by atoms with van der Waals surface area (Å²) >= 11 is 0. The summed E-state index contributed by atoms with van der Waals surface area (Å²) in [6.45, 7) is 3.47. The number of carboxylic acid groups (broad SMARTS) is 1. The molecule has 4 aromatic rings. The highest BCUT2D eigenvalue weighted by Crippen LogP contribution is 2.45. The minimum absolute atomic E-state index is 0.0621. The van der Waals surface area contributed by atoms with Crippen LogP contribution in [-0.4, -0.2) is 55.2 Å². The quantitative estimate of drug-likeness (QED) is 0.137. The molecular formula is C35H39N2O6S+. The summed E-state index contributed by atoms with van der Waals surface area (Å²) in [6.07, 6.45) is -0.320. The van der Waals surface area contributed by atoms with Gasteiger partial charge in [0.25, 0.3) is 0 Å². The van der Waals surface area contributed by atoms with E-state index in [-0.39, 0.29) is 36.3 Å². The molecule has 2 atom stereocenters. The van der Waals surface area contributed by atoms with E-state index >= 15 is 8.42 Å². The molecule has 0 aromatic heterocycles. The molecule has 8 nitrogen and oxygen atoms in total. The Morgan fingerprint density at radius 1 is 0.864 bits per heavy atom. The van der Waals surface area contributed by atoms with Crippen molar-refractivity contribution in [3.05, 3.63) is 102 Å². The van der Waals surface area contributed by atoms with Gasteiger partial charge in [-0.3, -0.25) is 0 Å². The lowest BCUT2D eigenvalue weighted by atomic mass is 9.98. The zero-order chi connectivity index (χ0) is 31.5. The van der Waals surface area contributed by atoms with Crippen molar-refractivity contribution in [1.29, 1.82) is 0 Å². The molecule has 1 aliphatic rings. The summed E-state index contributed by atoms with van der Waals surface area (Å²) in [6, 6.07) is 25.9. The molecule has 5 rings (SSSR count). The average Bonchev–Trinajstić information content (AvgIpc) is 3.33. The number of benzene rings is 4. The molecule has 9 heteroatoms. The van der Waals surface area contributed by atoms with Gasteiger partial charge in [-0.25, -0.2) is 4.79 Å². The van der Waals surface area contributed by atoms with E-state index in [4.69, 9.17) is 10.5 Å². The lowest BCUT2D eigenvalue weighted by molar-refractivity contribution is -0.755. The van der Waals surface area contributed by atoms with Crippen molar-refractivity contribution in [2.24, 2.45) is 11.7 Å². The van der Waals surface area contributed by atoms with Crippen molar-refractivity contribution in [2.75, 3.05) is 19.7 Å². The molecule has 0 heterocycles. The molecule has 4 aromatic carbocycles. The zero-order valence-corrected chi connectivity index (χ0v) is 25.9. The molecule has 0 saturated heterocycles. The van der Waals surface area contributed by atoms with Crippen molar-refractivity contribution in [2.45, 2.75) is 50.0 Å². The summed E-state index contributed by atoms with van der Waals surface area (Å²) < 4.78 is 34.6. The van der Waals surface area contributed by atoms with E-state index in [0.29, 0.717) is 30.2 Å². The van der Waals surface area contributed by atoms with Gasteiger partial charge < -0.3 is 15.6 Å². The average molecular weight is 616 g/mol. The number of rotatable bonds is 12. The second-order valence-electron chi connectivity index (χ2n) is 11.8. The first-order valence-corrected chi connectivity index (χ1v) is 16.5. The zero-order valence-electron chi connectivity index (χ0n) is 25.1. The largest absolute Gasteiger partial charge is 0.532 e. The summed E-state index contributed by atoms with van der Waals surface area (Å²) in [5, 5.41) is 11.7. The van der Waals surface area contributed by atoms with Gasteiger partial charge in [0.1, 0.15) is 18.0 Å². The van der Waals surface area contributed by atoms with Crippen LogP contribution in [0.5, 0.6) is 0 Å². The van der Waals surface area contributed by atoms with Crippen LogP contribution in [0.4, 0.5) is 4.79 Å². The van der Waals surface area contributed by atoms with E-state index in [2.05, 4.69) is 0 Å². The Balaban J connectivity index is 1.65. The Hall–Kier alpha value is -4.05. The van der Waals surface area contributed by atoms with E-state index in [1.165, 1.54) is 6.07 Å². The maximum Gasteiger partial charge on any atom is 0.532 e. The van der Waals surface area contributed by atoms with E-state index in [1.807, 2.05) is 48.5 Å². The molecule has 0 fully saturated rings. The number of unbranched alkanes of at least 4 members (excludes halogenated alkanes) is 1. The van der Waals surface area contributed by atoms with Crippen LogP contribution < -0.4 is 5.73 Å². The number of hydrogen-bond donors (Lipinski definition) is 2. The Morgan fingerprint density at radius 3 is 2.07 bits per heavy atom. The van der Waals surface area contributed by atoms with Crippen LogP contribution in [0.15, 0.2) is 95.9 Å². The molecular weight excluding hydrogens is 576 g/mol. The molecule has 0 aliphatic heterocycles. The molecule has 1 unspecified atom stereocenters. The number of nitrogens with two attached hydrogens (primary N) is 1. The number of ether oxygens (including phenoxy) is 1. The van der Waals surface area contributed by atoms with Crippen molar-refractivity contribution < 1.29 is 31.7 Å². The van der Waals surface area contributed by atoms with Crippen LogP contribution >= 0.6 is 0 Å². The van der Waals surface area contributed by atoms with Crippen LogP contribution in [0, 0.1) is 5.92 Å². The highest BCUT2D eigenvalue weighted by atomic mass is 32.2. The Morgan fingerprint density at radius 2 is 1.45 bits per heavy atom. The fourth-order valence-corrected chi connectivity index (χ4v) is 8.87. The number of nitrogens with zero attached hydrogens (tertiary/aromatic N) is 1. The van der Waals surface area contributed by atoms with Crippen molar-refractivity contribution >= 4 is 32.9 Å². The van der Waals surface area contributed by atoms with Crippen LogP contribution in [0.25, 0.3) is 21.9 Å². The molecule has 0 saturated carbocycles. The number of hydrogen-bond acceptors (Lipinski definition) is 6. The third-order valence-electron chi connectivity index (χ3n) is 8.46. The SMILES string of the molecule is CC(C)C[N+](C(=O)OCC1c2ccccc2-c2ccccc21)([C@@H](CCCCN)C(=O)O)S(=O)(=O)c1cccc2ccccc12. The van der Waals surface area contributed by atoms with Gasteiger partial charge in [-0.2, -0.15) is 13.2 Å². The van der Waals surface area contributed by atoms with Crippen molar-refractivity contribution in [1.82, 2.24) is 0 Å². The van der Waals surface area contributed by atoms with Gasteiger partial charge in [0, 0.05) is 23.6 Å². The highest BCUT2D eigenvalue weighted by molar-refractivity contribution is 7.86. The van der Waals surface area contributed by atoms with Gasteiger partial charge in [-0.1, -0.05) is 98.8 Å². The lowest BCUT2D eigenvalue weighted by Crippen LogP contribution is -2.66. The highest BCUT2D eigenvalue weighted by Gasteiger charge is 2.60. The van der Waals surface area contributed by atoms with Crippen LogP contribution in [0.2, 0.25) is 0 Å². The predicted octanol–water partition coefficient (Wildman–Crippen LogP) is 6.53. The molecule has 1 aliphatic carbocycles. The summed E-state index contributed by atoms with van der Waals surface area (Å²) in [5.41, 5.74) is 9.71. The molecule has 3 N–H and O–H groups in total. The van der Waals surface area contributed by atoms with Gasteiger partial charge in [-0.15, -0.1) is 3.89 Å². The van der Waals surface area contributed by atoms with E-state index in [0.717, 1.165) is 22.3 Å². The first kappa shape index (κ1) is 31.4. The molecule has 44 heavy (non-hydrogen) atoms. The number of carboxylic acids is 1. The second-order valence-corrected chi connectivity index (χ2v) is 13.8. The van der Waals surface area contributed by atoms with Gasteiger partial charge in [0.05, 0.1) is 0 Å². The van der Waals surface area contributed by atoms with Crippen LogP contribution in [-0.2, 0) is 19.6 Å². The number of sulfonamides is 1. The monoisotopic (exact) mass is 615 g/mol. The minimum atomic E-state index is -4.68. The van der Waals surface area contributed by atoms with E-state index in [9.17, 15) is 14.7 Å². The first-order chi connectivity index (χ1) is 21.1. The topological polar surface area (TPSA) is 124 Å². The van der Waals surface area contributed by atoms with Gasteiger partial charge in [0.15, 0.2) is 0 Å². The van der Waals surface area contributed by atoms with Crippen LogP contribution in [0.1, 0.15) is 50.2 Å². The Kier molecular flexibility index (Phi) is 9.20. The Labute approximate surface area is 258 Å². The van der Waals surface area contributed by atoms with Crippen LogP contribution in [0.3, 0.4) is 0 Å². The van der Waals surface area contributed by atoms with Crippen molar-refractivity contribution in [3.8, 4) is 11.1 Å². The number of amides is 1. The number of carbonyl (C=O) groups excluding carboxylic acids is 1. The summed E-state index contributed by atoms with van der Waals surface area (Å²) in [4.78, 5) is 27.5. The number of carbonyl (C=O) groups is 2. The predicted molar refractivity (Wildman–Crippen MR) is 170 cm³/mol. The van der Waals surface area contributed by atoms with E-state index in [1.54, 1.807) is 50.2 Å². The molecule has 0 radical (unpaired) electrons. The summed E-state index contributed by atoms with van der Waals surface area (Å²) in [5.74, 6) is -2.07. The van der Waals surface area contributed by atoms with Gasteiger partial charge in [0.2, 0.25) is 6.04 Å². The van der Waals surface area contributed by atoms with Gasteiger partial charge in [-0.05, 0) is 53.1 Å².